The van der Waals surface area contributed by atoms with Crippen LogP contribution < -0.4 is 5.32 Å². The molecule has 0 aromatic heterocycles. The fourth-order valence-corrected chi connectivity index (χ4v) is 3.37. The van der Waals surface area contributed by atoms with E-state index in [0.29, 0.717) is 6.54 Å². The highest BCUT2D eigenvalue weighted by atomic mass is 127. The van der Waals surface area contributed by atoms with Crippen molar-refractivity contribution in [3.8, 4) is 0 Å². The van der Waals surface area contributed by atoms with Crippen molar-refractivity contribution in [2.45, 2.75) is 32.7 Å². The molecule has 1 heterocycles. The first-order chi connectivity index (χ1) is 11.6. The van der Waals surface area contributed by atoms with Crippen LogP contribution in [0.15, 0.2) is 27.7 Å². The Bertz CT molecular complexity index is 533. The molecule has 1 N–H and O–H groups in total. The molecule has 0 saturated carbocycles. The largest absolute Gasteiger partial charge is 0.381 e. The minimum Gasteiger partial charge on any atom is -0.381 e. The standard InChI is InChI=1S/C18H27BrFN3O.HI/c1-3-21-18(22-13-15-10-16(19)12-17(20)11-15)23(2)7-4-14-5-8-24-9-6-14;/h10-12,14H,3-9,13H2,1-2H3,(H,21,22);1H. The lowest BCUT2D eigenvalue weighted by atomic mass is 9.96. The Morgan fingerprint density at radius 2 is 2.08 bits per heavy atom. The van der Waals surface area contributed by atoms with Gasteiger partial charge < -0.3 is 15.0 Å². The third kappa shape index (κ3) is 8.21. The summed E-state index contributed by atoms with van der Waals surface area (Å²) in [5, 5.41) is 3.32. The molecule has 7 heteroatoms. The number of guanidine groups is 1. The van der Waals surface area contributed by atoms with Crippen molar-refractivity contribution in [2.24, 2.45) is 10.9 Å². The first-order valence-electron chi connectivity index (χ1n) is 8.60. The third-order valence-electron chi connectivity index (χ3n) is 4.24. The fourth-order valence-electron chi connectivity index (χ4n) is 2.86. The molecule has 1 aliphatic heterocycles. The van der Waals surface area contributed by atoms with Gasteiger partial charge in [0.15, 0.2) is 5.96 Å². The molecule has 0 amide bonds. The Hall–Kier alpha value is -0.410. The van der Waals surface area contributed by atoms with Crippen molar-refractivity contribution in [2.75, 3.05) is 33.4 Å². The summed E-state index contributed by atoms with van der Waals surface area (Å²) >= 11 is 3.32. The van der Waals surface area contributed by atoms with E-state index in [1.807, 2.05) is 6.07 Å². The zero-order valence-electron chi connectivity index (χ0n) is 14.9. The second kappa shape index (κ2) is 12.1. The minimum atomic E-state index is -0.243. The van der Waals surface area contributed by atoms with E-state index in [0.717, 1.165) is 67.5 Å². The van der Waals surface area contributed by atoms with E-state index in [4.69, 9.17) is 4.74 Å². The highest BCUT2D eigenvalue weighted by Crippen LogP contribution is 2.19. The van der Waals surface area contributed by atoms with Crippen LogP contribution in [0.4, 0.5) is 4.39 Å². The fraction of sp³-hybridized carbons (Fsp3) is 0.611. The van der Waals surface area contributed by atoms with Crippen LogP contribution in [0.2, 0.25) is 0 Å². The number of nitrogens with one attached hydrogen (secondary N) is 1. The molecule has 0 spiro atoms. The smallest absolute Gasteiger partial charge is 0.193 e. The normalized spacial score (nSPS) is 15.6. The number of hydrogen-bond acceptors (Lipinski definition) is 2. The van der Waals surface area contributed by atoms with E-state index in [2.05, 4.69) is 45.1 Å². The van der Waals surface area contributed by atoms with Crippen LogP contribution in [0.5, 0.6) is 0 Å². The monoisotopic (exact) mass is 527 g/mol. The summed E-state index contributed by atoms with van der Waals surface area (Å²) < 4.78 is 19.6. The van der Waals surface area contributed by atoms with Gasteiger partial charge in [-0.1, -0.05) is 15.9 Å². The van der Waals surface area contributed by atoms with Crippen LogP contribution in [-0.2, 0) is 11.3 Å². The molecule has 4 nitrogen and oxygen atoms in total. The second-order valence-corrected chi connectivity index (χ2v) is 7.13. The van der Waals surface area contributed by atoms with Crippen molar-refractivity contribution in [1.82, 2.24) is 10.2 Å². The molecule has 0 aliphatic carbocycles. The van der Waals surface area contributed by atoms with E-state index in [-0.39, 0.29) is 29.8 Å². The Balaban J connectivity index is 0.00000312. The third-order valence-corrected chi connectivity index (χ3v) is 4.70. The van der Waals surface area contributed by atoms with Crippen molar-refractivity contribution >= 4 is 45.9 Å². The van der Waals surface area contributed by atoms with Gasteiger partial charge in [-0.25, -0.2) is 9.38 Å². The maximum atomic E-state index is 13.5. The molecular formula is C18H28BrFIN3O. The summed E-state index contributed by atoms with van der Waals surface area (Å²) in [6.07, 6.45) is 3.45. The minimum absolute atomic E-state index is 0. The first-order valence-corrected chi connectivity index (χ1v) is 9.40. The van der Waals surface area contributed by atoms with Crippen molar-refractivity contribution in [1.29, 1.82) is 0 Å². The van der Waals surface area contributed by atoms with E-state index < -0.39 is 0 Å². The van der Waals surface area contributed by atoms with Crippen molar-refractivity contribution < 1.29 is 9.13 Å². The van der Waals surface area contributed by atoms with Gasteiger partial charge in [0.2, 0.25) is 0 Å². The number of nitrogens with zero attached hydrogens (tertiary/aromatic N) is 2. The molecular weight excluding hydrogens is 500 g/mol. The number of halogens is 3. The van der Waals surface area contributed by atoms with Crippen molar-refractivity contribution in [3.05, 3.63) is 34.1 Å². The topological polar surface area (TPSA) is 36.9 Å². The lowest BCUT2D eigenvalue weighted by Gasteiger charge is -2.26. The van der Waals surface area contributed by atoms with E-state index in [1.165, 1.54) is 12.1 Å². The van der Waals surface area contributed by atoms with Gasteiger partial charge in [0.05, 0.1) is 6.54 Å². The quantitative estimate of drug-likeness (QED) is 0.338. The molecule has 25 heavy (non-hydrogen) atoms. The zero-order chi connectivity index (χ0) is 17.4. The van der Waals surface area contributed by atoms with Crippen molar-refractivity contribution in [3.63, 3.8) is 0 Å². The maximum Gasteiger partial charge on any atom is 0.193 e. The number of aliphatic imine (C=N–C) groups is 1. The molecule has 1 aromatic carbocycles. The molecule has 1 saturated heterocycles. The molecule has 0 radical (unpaired) electrons. The zero-order valence-corrected chi connectivity index (χ0v) is 18.8. The first kappa shape index (κ1) is 22.6. The van der Waals surface area contributed by atoms with Gasteiger partial charge in [0.1, 0.15) is 5.82 Å². The Morgan fingerprint density at radius 3 is 2.72 bits per heavy atom. The molecule has 1 aromatic rings. The van der Waals surface area contributed by atoms with Gasteiger partial charge in [-0.3, -0.25) is 0 Å². The van der Waals surface area contributed by atoms with E-state index in [9.17, 15) is 4.39 Å². The molecule has 0 atom stereocenters. The lowest BCUT2D eigenvalue weighted by molar-refractivity contribution is 0.0625. The molecule has 1 aliphatic rings. The second-order valence-electron chi connectivity index (χ2n) is 6.21. The number of ether oxygens (including phenoxy) is 1. The summed E-state index contributed by atoms with van der Waals surface area (Å²) in [7, 11) is 2.06. The van der Waals surface area contributed by atoms with Crippen LogP contribution in [0.25, 0.3) is 0 Å². The highest BCUT2D eigenvalue weighted by molar-refractivity contribution is 14.0. The van der Waals surface area contributed by atoms with E-state index in [1.54, 1.807) is 0 Å². The van der Waals surface area contributed by atoms with Crippen LogP contribution in [0, 0.1) is 11.7 Å². The van der Waals surface area contributed by atoms with Gasteiger partial charge in [-0.2, -0.15) is 0 Å². The summed E-state index contributed by atoms with van der Waals surface area (Å²) in [5.41, 5.74) is 0.857. The molecule has 142 valence electrons. The lowest BCUT2D eigenvalue weighted by Crippen LogP contribution is -2.40. The summed E-state index contributed by atoms with van der Waals surface area (Å²) in [6, 6.07) is 4.89. The molecule has 0 bridgehead atoms. The molecule has 2 rings (SSSR count). The summed E-state index contributed by atoms with van der Waals surface area (Å²) in [4.78, 5) is 6.81. The molecule has 1 fully saturated rings. The number of rotatable bonds is 6. The summed E-state index contributed by atoms with van der Waals surface area (Å²) in [5.74, 6) is 1.36. The van der Waals surface area contributed by atoms with Crippen LogP contribution in [0.1, 0.15) is 31.7 Å². The maximum absolute atomic E-state index is 13.5. The van der Waals surface area contributed by atoms with Gasteiger partial charge in [0.25, 0.3) is 0 Å². The highest BCUT2D eigenvalue weighted by Gasteiger charge is 2.15. The van der Waals surface area contributed by atoms with Crippen LogP contribution in [0.3, 0.4) is 0 Å². The number of hydrogen-bond donors (Lipinski definition) is 1. The van der Waals surface area contributed by atoms with Crippen LogP contribution in [-0.4, -0.2) is 44.2 Å². The predicted molar refractivity (Wildman–Crippen MR) is 115 cm³/mol. The predicted octanol–water partition coefficient (Wildman–Crippen LogP) is 4.42. The van der Waals surface area contributed by atoms with Gasteiger partial charge >= 0.3 is 0 Å². The Labute approximate surface area is 175 Å². The Morgan fingerprint density at radius 1 is 1.36 bits per heavy atom. The van der Waals surface area contributed by atoms with Crippen LogP contribution >= 0.6 is 39.9 Å². The van der Waals surface area contributed by atoms with Gasteiger partial charge in [-0.05, 0) is 55.9 Å². The average Bonchev–Trinajstić information content (AvgIpc) is 2.56. The molecule has 0 unspecified atom stereocenters. The average molecular weight is 528 g/mol. The summed E-state index contributed by atoms with van der Waals surface area (Å²) in [6.45, 7) is 6.06. The van der Waals surface area contributed by atoms with E-state index >= 15 is 0 Å². The number of benzene rings is 1. The van der Waals surface area contributed by atoms with Gasteiger partial charge in [0, 0.05) is 37.8 Å². The van der Waals surface area contributed by atoms with Gasteiger partial charge in [-0.15, -0.1) is 24.0 Å². The Kier molecular flexibility index (Phi) is 10.9. The SMILES string of the molecule is CCNC(=NCc1cc(F)cc(Br)c1)N(C)CCC1CCOCC1.I.